The van der Waals surface area contributed by atoms with E-state index in [4.69, 9.17) is 10.8 Å². The number of likely N-dealkylation sites (tertiary alicyclic amines) is 1. The third-order valence-electron chi connectivity index (χ3n) is 3.63. The highest BCUT2D eigenvalue weighted by atomic mass is 16.3. The molecule has 0 aliphatic carbocycles. The summed E-state index contributed by atoms with van der Waals surface area (Å²) in [6, 6.07) is 0.202. The van der Waals surface area contributed by atoms with E-state index in [9.17, 15) is 9.59 Å². The Hall–Kier alpha value is -1.14. The standard InChI is InChI=1S/C13H25N3O3/c1-10(2)15(6-7-17)9-12(18)16-5-3-4-11(8-16)13(14)19/h10-11,17H,3-9H2,1-2H3,(H2,14,19). The Morgan fingerprint density at radius 3 is 2.68 bits per heavy atom. The third-order valence-corrected chi connectivity index (χ3v) is 3.63. The summed E-state index contributed by atoms with van der Waals surface area (Å²) in [4.78, 5) is 27.0. The second kappa shape index (κ2) is 7.45. The van der Waals surface area contributed by atoms with E-state index in [1.54, 1.807) is 4.90 Å². The number of nitrogens with two attached hydrogens (primary N) is 1. The number of amides is 2. The lowest BCUT2D eigenvalue weighted by Gasteiger charge is -2.34. The van der Waals surface area contributed by atoms with Crippen LogP contribution in [0.4, 0.5) is 0 Å². The van der Waals surface area contributed by atoms with Crippen LogP contribution in [0, 0.1) is 5.92 Å². The largest absolute Gasteiger partial charge is 0.395 e. The van der Waals surface area contributed by atoms with E-state index in [1.807, 2.05) is 18.7 Å². The number of piperidine rings is 1. The Balaban J connectivity index is 2.54. The van der Waals surface area contributed by atoms with Crippen molar-refractivity contribution in [2.45, 2.75) is 32.7 Å². The number of rotatable bonds is 6. The first-order valence-electron chi connectivity index (χ1n) is 6.87. The van der Waals surface area contributed by atoms with Gasteiger partial charge in [0.25, 0.3) is 0 Å². The summed E-state index contributed by atoms with van der Waals surface area (Å²) in [6.07, 6.45) is 1.59. The van der Waals surface area contributed by atoms with Crippen LogP contribution in [0.5, 0.6) is 0 Å². The first kappa shape index (κ1) is 15.9. The Morgan fingerprint density at radius 2 is 2.16 bits per heavy atom. The molecular weight excluding hydrogens is 246 g/mol. The van der Waals surface area contributed by atoms with Gasteiger partial charge >= 0.3 is 0 Å². The van der Waals surface area contributed by atoms with Gasteiger partial charge in [-0.3, -0.25) is 14.5 Å². The Labute approximate surface area is 114 Å². The van der Waals surface area contributed by atoms with Gasteiger partial charge in [0.05, 0.1) is 19.1 Å². The van der Waals surface area contributed by atoms with Crippen LogP contribution in [0.25, 0.3) is 0 Å². The number of aliphatic hydroxyl groups excluding tert-OH is 1. The molecule has 0 aromatic rings. The summed E-state index contributed by atoms with van der Waals surface area (Å²) in [5.74, 6) is -0.537. The van der Waals surface area contributed by atoms with Gasteiger partial charge in [-0.1, -0.05) is 0 Å². The smallest absolute Gasteiger partial charge is 0.236 e. The zero-order chi connectivity index (χ0) is 14.4. The summed E-state index contributed by atoms with van der Waals surface area (Å²) < 4.78 is 0. The Morgan fingerprint density at radius 1 is 1.47 bits per heavy atom. The maximum Gasteiger partial charge on any atom is 0.236 e. The molecule has 0 aromatic heterocycles. The van der Waals surface area contributed by atoms with E-state index in [1.165, 1.54) is 0 Å². The number of hydrogen-bond donors (Lipinski definition) is 2. The maximum absolute atomic E-state index is 12.2. The highest BCUT2D eigenvalue weighted by molar-refractivity contribution is 5.81. The number of carbonyl (C=O) groups excluding carboxylic acids is 2. The normalized spacial score (nSPS) is 20.1. The summed E-state index contributed by atoms with van der Waals surface area (Å²) in [6.45, 7) is 5.90. The van der Waals surface area contributed by atoms with Gasteiger partial charge in [0, 0.05) is 25.7 Å². The molecule has 0 saturated carbocycles. The fraction of sp³-hybridized carbons (Fsp3) is 0.846. The lowest BCUT2D eigenvalue weighted by atomic mass is 9.97. The van der Waals surface area contributed by atoms with Gasteiger partial charge < -0.3 is 15.7 Å². The first-order chi connectivity index (χ1) is 8.95. The van der Waals surface area contributed by atoms with E-state index in [2.05, 4.69) is 0 Å². The lowest BCUT2D eigenvalue weighted by Crippen LogP contribution is -2.49. The van der Waals surface area contributed by atoms with Crippen molar-refractivity contribution in [3.05, 3.63) is 0 Å². The molecule has 1 saturated heterocycles. The summed E-state index contributed by atoms with van der Waals surface area (Å²) >= 11 is 0. The van der Waals surface area contributed by atoms with Crippen LogP contribution in [-0.2, 0) is 9.59 Å². The lowest BCUT2D eigenvalue weighted by molar-refractivity contribution is -0.136. The average Bonchev–Trinajstić information content (AvgIpc) is 2.38. The molecule has 110 valence electrons. The maximum atomic E-state index is 12.2. The molecule has 1 aliphatic heterocycles. The van der Waals surface area contributed by atoms with Crippen LogP contribution in [0.3, 0.4) is 0 Å². The topological polar surface area (TPSA) is 86.9 Å². The van der Waals surface area contributed by atoms with E-state index < -0.39 is 0 Å². The average molecular weight is 271 g/mol. The molecule has 0 spiro atoms. The second-order valence-electron chi connectivity index (χ2n) is 5.37. The molecular formula is C13H25N3O3. The van der Waals surface area contributed by atoms with Crippen molar-refractivity contribution in [2.24, 2.45) is 11.7 Å². The van der Waals surface area contributed by atoms with Crippen molar-refractivity contribution in [3.8, 4) is 0 Å². The fourth-order valence-electron chi connectivity index (χ4n) is 2.36. The van der Waals surface area contributed by atoms with E-state index >= 15 is 0 Å². The molecule has 3 N–H and O–H groups in total. The van der Waals surface area contributed by atoms with Gasteiger partial charge in [-0.25, -0.2) is 0 Å². The predicted molar refractivity (Wildman–Crippen MR) is 72.3 cm³/mol. The monoisotopic (exact) mass is 271 g/mol. The van der Waals surface area contributed by atoms with Crippen LogP contribution in [0.15, 0.2) is 0 Å². The van der Waals surface area contributed by atoms with Gasteiger partial charge in [0.15, 0.2) is 0 Å². The molecule has 19 heavy (non-hydrogen) atoms. The number of nitrogens with zero attached hydrogens (tertiary/aromatic N) is 2. The molecule has 1 unspecified atom stereocenters. The van der Waals surface area contributed by atoms with Crippen molar-refractivity contribution in [2.75, 3.05) is 32.8 Å². The van der Waals surface area contributed by atoms with Gasteiger partial charge in [-0.05, 0) is 26.7 Å². The SMILES string of the molecule is CC(C)N(CCO)CC(=O)N1CCCC(C(N)=O)C1. The van der Waals surface area contributed by atoms with Crippen molar-refractivity contribution >= 4 is 11.8 Å². The van der Waals surface area contributed by atoms with Crippen LogP contribution in [0.1, 0.15) is 26.7 Å². The minimum atomic E-state index is -0.325. The zero-order valence-corrected chi connectivity index (χ0v) is 11.8. The number of aliphatic hydroxyl groups is 1. The molecule has 1 rings (SSSR count). The van der Waals surface area contributed by atoms with Crippen molar-refractivity contribution in [1.29, 1.82) is 0 Å². The molecule has 1 heterocycles. The Kier molecular flexibility index (Phi) is 6.24. The first-order valence-corrected chi connectivity index (χ1v) is 6.87. The summed E-state index contributed by atoms with van der Waals surface area (Å²) in [7, 11) is 0. The van der Waals surface area contributed by atoms with Crippen molar-refractivity contribution < 1.29 is 14.7 Å². The van der Waals surface area contributed by atoms with Gasteiger partial charge in [-0.2, -0.15) is 0 Å². The van der Waals surface area contributed by atoms with E-state index in [0.717, 1.165) is 12.8 Å². The third kappa shape index (κ3) is 4.80. The highest BCUT2D eigenvalue weighted by Crippen LogP contribution is 2.16. The molecule has 0 aromatic carbocycles. The molecule has 6 heteroatoms. The van der Waals surface area contributed by atoms with Crippen LogP contribution in [0.2, 0.25) is 0 Å². The van der Waals surface area contributed by atoms with E-state index in [-0.39, 0.29) is 36.9 Å². The quantitative estimate of drug-likeness (QED) is 0.676. The van der Waals surface area contributed by atoms with Crippen molar-refractivity contribution in [3.63, 3.8) is 0 Å². The molecule has 1 aliphatic rings. The van der Waals surface area contributed by atoms with Gasteiger partial charge in [0.2, 0.25) is 11.8 Å². The minimum absolute atomic E-state index is 0.00750. The number of hydrogen-bond acceptors (Lipinski definition) is 4. The van der Waals surface area contributed by atoms with Crippen LogP contribution >= 0.6 is 0 Å². The molecule has 1 fully saturated rings. The molecule has 0 bridgehead atoms. The number of primary amides is 1. The minimum Gasteiger partial charge on any atom is -0.395 e. The summed E-state index contributed by atoms with van der Waals surface area (Å²) in [5, 5.41) is 9.00. The molecule has 2 amide bonds. The van der Waals surface area contributed by atoms with Crippen LogP contribution in [-0.4, -0.2) is 65.5 Å². The fourth-order valence-corrected chi connectivity index (χ4v) is 2.36. The van der Waals surface area contributed by atoms with Gasteiger partial charge in [-0.15, -0.1) is 0 Å². The molecule has 0 radical (unpaired) electrons. The van der Waals surface area contributed by atoms with E-state index in [0.29, 0.717) is 19.6 Å². The number of carbonyl (C=O) groups is 2. The van der Waals surface area contributed by atoms with Crippen molar-refractivity contribution in [1.82, 2.24) is 9.80 Å². The second-order valence-corrected chi connectivity index (χ2v) is 5.37. The Bertz CT molecular complexity index is 320. The highest BCUT2D eigenvalue weighted by Gasteiger charge is 2.27. The zero-order valence-electron chi connectivity index (χ0n) is 11.8. The van der Waals surface area contributed by atoms with Gasteiger partial charge in [0.1, 0.15) is 0 Å². The molecule has 6 nitrogen and oxygen atoms in total. The van der Waals surface area contributed by atoms with Crippen LogP contribution < -0.4 is 5.73 Å². The summed E-state index contributed by atoms with van der Waals surface area (Å²) in [5.41, 5.74) is 5.31. The molecule has 1 atom stereocenters. The predicted octanol–water partition coefficient (Wildman–Crippen LogP) is -0.587.